The van der Waals surface area contributed by atoms with E-state index in [-0.39, 0.29) is 11.5 Å². The van der Waals surface area contributed by atoms with Crippen LogP contribution >= 0.6 is 0 Å². The lowest BCUT2D eigenvalue weighted by atomic mass is 10.0. The highest BCUT2D eigenvalue weighted by atomic mass is 19.1. The van der Waals surface area contributed by atoms with Gasteiger partial charge in [-0.3, -0.25) is 4.79 Å². The fourth-order valence-electron chi connectivity index (χ4n) is 3.40. The van der Waals surface area contributed by atoms with Gasteiger partial charge in [-0.05, 0) is 50.7 Å². The van der Waals surface area contributed by atoms with Crippen LogP contribution in [0.3, 0.4) is 0 Å². The molecular formula is C21H26F2N4O. The van der Waals surface area contributed by atoms with E-state index in [9.17, 15) is 13.6 Å². The Kier molecular flexibility index (Phi) is 6.24. The van der Waals surface area contributed by atoms with Crippen LogP contribution in [0.25, 0.3) is 11.1 Å². The second-order valence-corrected chi connectivity index (χ2v) is 7.62. The number of carbonyl (C=O) groups excluding carboxylic acids is 1. The first-order valence-electron chi connectivity index (χ1n) is 9.49. The van der Waals surface area contributed by atoms with Gasteiger partial charge in [0, 0.05) is 43.4 Å². The predicted octanol–water partition coefficient (Wildman–Crippen LogP) is 3.76. The Morgan fingerprint density at radius 2 is 2.07 bits per heavy atom. The Labute approximate surface area is 164 Å². The van der Waals surface area contributed by atoms with Crippen LogP contribution in [0.1, 0.15) is 19.8 Å². The summed E-state index contributed by atoms with van der Waals surface area (Å²) < 4.78 is 28.3. The summed E-state index contributed by atoms with van der Waals surface area (Å²) in [6.45, 7) is 4.36. The van der Waals surface area contributed by atoms with Gasteiger partial charge in [-0.2, -0.15) is 0 Å². The third kappa shape index (κ3) is 4.65. The standard InChI is InChI=1S/C21H26F2N4O/c1-14-7-11-27(13-14)21-20(25-19(28)8-10-26(2)3)16(6-9-24-21)17-12-15(22)4-5-18(17)23/h4-6,9,12,14H,7-8,10-11,13H2,1-3H3,(H,25,28)/t14-/m0/s1. The van der Waals surface area contributed by atoms with Crippen LogP contribution in [-0.2, 0) is 4.79 Å². The molecule has 1 aliphatic heterocycles. The number of aromatic nitrogens is 1. The minimum Gasteiger partial charge on any atom is -0.355 e. The molecule has 1 aromatic carbocycles. The van der Waals surface area contributed by atoms with E-state index in [1.807, 2.05) is 19.0 Å². The average molecular weight is 388 g/mol. The minimum absolute atomic E-state index is 0.110. The van der Waals surface area contributed by atoms with E-state index in [1.165, 1.54) is 0 Å². The molecule has 0 spiro atoms. The first-order chi connectivity index (χ1) is 13.3. The lowest BCUT2D eigenvalue weighted by Crippen LogP contribution is -2.25. The summed E-state index contributed by atoms with van der Waals surface area (Å²) in [5.74, 6) is -0.155. The molecule has 1 atom stereocenters. The summed E-state index contributed by atoms with van der Waals surface area (Å²) in [5.41, 5.74) is 0.975. The number of rotatable bonds is 6. The van der Waals surface area contributed by atoms with E-state index in [2.05, 4.69) is 22.1 Å². The Bertz CT molecular complexity index is 856. The lowest BCUT2D eigenvalue weighted by molar-refractivity contribution is -0.116. The highest BCUT2D eigenvalue weighted by molar-refractivity contribution is 5.99. The molecular weight excluding hydrogens is 362 g/mol. The van der Waals surface area contributed by atoms with Crippen molar-refractivity contribution in [2.24, 2.45) is 5.92 Å². The van der Waals surface area contributed by atoms with Crippen molar-refractivity contribution >= 4 is 17.4 Å². The number of anilines is 2. The predicted molar refractivity (Wildman–Crippen MR) is 107 cm³/mol. The first kappa shape index (κ1) is 20.2. The Balaban J connectivity index is 2.03. The number of nitrogens with one attached hydrogen (secondary N) is 1. The van der Waals surface area contributed by atoms with Crippen LogP contribution in [0.4, 0.5) is 20.3 Å². The molecule has 1 N–H and O–H groups in total. The molecule has 1 amide bonds. The van der Waals surface area contributed by atoms with Crippen LogP contribution in [0.5, 0.6) is 0 Å². The maximum Gasteiger partial charge on any atom is 0.225 e. The molecule has 7 heteroatoms. The van der Waals surface area contributed by atoms with E-state index in [0.717, 1.165) is 37.7 Å². The molecule has 1 saturated heterocycles. The van der Waals surface area contributed by atoms with Crippen molar-refractivity contribution < 1.29 is 13.6 Å². The Hall–Kier alpha value is -2.54. The fourth-order valence-corrected chi connectivity index (χ4v) is 3.40. The van der Waals surface area contributed by atoms with Crippen molar-refractivity contribution in [1.29, 1.82) is 0 Å². The molecule has 3 rings (SSSR count). The molecule has 2 aromatic rings. The molecule has 1 aromatic heterocycles. The first-order valence-corrected chi connectivity index (χ1v) is 9.49. The third-order valence-corrected chi connectivity index (χ3v) is 4.92. The maximum absolute atomic E-state index is 14.5. The van der Waals surface area contributed by atoms with Crippen LogP contribution < -0.4 is 10.2 Å². The molecule has 0 unspecified atom stereocenters. The van der Waals surface area contributed by atoms with E-state index < -0.39 is 11.6 Å². The largest absolute Gasteiger partial charge is 0.355 e. The number of benzene rings is 1. The number of amides is 1. The molecule has 150 valence electrons. The minimum atomic E-state index is -0.544. The number of carbonyl (C=O) groups is 1. The molecule has 1 aliphatic rings. The van der Waals surface area contributed by atoms with E-state index in [4.69, 9.17) is 0 Å². The van der Waals surface area contributed by atoms with Crippen LogP contribution in [-0.4, -0.2) is 49.5 Å². The number of pyridine rings is 1. The van der Waals surface area contributed by atoms with Gasteiger partial charge in [0.25, 0.3) is 0 Å². The summed E-state index contributed by atoms with van der Waals surface area (Å²) in [6, 6.07) is 4.94. The van der Waals surface area contributed by atoms with Gasteiger partial charge >= 0.3 is 0 Å². The summed E-state index contributed by atoms with van der Waals surface area (Å²) in [7, 11) is 3.78. The third-order valence-electron chi connectivity index (χ3n) is 4.92. The van der Waals surface area contributed by atoms with Gasteiger partial charge in [-0.25, -0.2) is 13.8 Å². The molecule has 0 aliphatic carbocycles. The zero-order valence-electron chi connectivity index (χ0n) is 16.5. The Morgan fingerprint density at radius 3 is 2.75 bits per heavy atom. The summed E-state index contributed by atoms with van der Waals surface area (Å²) in [6.07, 6.45) is 2.89. The van der Waals surface area contributed by atoms with Gasteiger partial charge in [-0.15, -0.1) is 0 Å². The summed E-state index contributed by atoms with van der Waals surface area (Å²) in [4.78, 5) is 21.0. The maximum atomic E-state index is 14.5. The van der Waals surface area contributed by atoms with E-state index in [0.29, 0.717) is 36.0 Å². The molecule has 0 saturated carbocycles. The number of halogens is 2. The zero-order chi connectivity index (χ0) is 20.3. The molecule has 0 radical (unpaired) electrons. The van der Waals surface area contributed by atoms with Gasteiger partial charge < -0.3 is 15.1 Å². The number of hydrogen-bond donors (Lipinski definition) is 1. The SMILES string of the molecule is C[C@H]1CCN(c2nccc(-c3cc(F)ccc3F)c2NC(=O)CCN(C)C)C1. The normalized spacial score (nSPS) is 16.6. The summed E-state index contributed by atoms with van der Waals surface area (Å²) >= 11 is 0. The quantitative estimate of drug-likeness (QED) is 0.819. The zero-order valence-corrected chi connectivity index (χ0v) is 16.5. The van der Waals surface area contributed by atoms with Crippen LogP contribution in [0.2, 0.25) is 0 Å². The molecule has 2 heterocycles. The topological polar surface area (TPSA) is 48.5 Å². The van der Waals surface area contributed by atoms with Gasteiger partial charge in [0.15, 0.2) is 5.82 Å². The van der Waals surface area contributed by atoms with E-state index in [1.54, 1.807) is 12.3 Å². The number of hydrogen-bond acceptors (Lipinski definition) is 4. The molecule has 0 bridgehead atoms. The highest BCUT2D eigenvalue weighted by Gasteiger charge is 2.25. The van der Waals surface area contributed by atoms with Crippen molar-refractivity contribution in [2.45, 2.75) is 19.8 Å². The monoisotopic (exact) mass is 388 g/mol. The van der Waals surface area contributed by atoms with Crippen molar-refractivity contribution in [1.82, 2.24) is 9.88 Å². The second kappa shape index (κ2) is 8.65. The van der Waals surface area contributed by atoms with Gasteiger partial charge in [0.2, 0.25) is 5.91 Å². The van der Waals surface area contributed by atoms with Crippen molar-refractivity contribution in [2.75, 3.05) is 43.9 Å². The van der Waals surface area contributed by atoms with Gasteiger partial charge in [0.05, 0.1) is 5.69 Å². The summed E-state index contributed by atoms with van der Waals surface area (Å²) in [5, 5.41) is 2.91. The molecule has 5 nitrogen and oxygen atoms in total. The smallest absolute Gasteiger partial charge is 0.225 e. The van der Waals surface area contributed by atoms with Crippen LogP contribution in [0, 0.1) is 17.6 Å². The van der Waals surface area contributed by atoms with Gasteiger partial charge in [0.1, 0.15) is 11.6 Å². The fraction of sp³-hybridized carbons (Fsp3) is 0.429. The highest BCUT2D eigenvalue weighted by Crippen LogP contribution is 2.38. The van der Waals surface area contributed by atoms with Crippen molar-refractivity contribution in [3.8, 4) is 11.1 Å². The molecule has 28 heavy (non-hydrogen) atoms. The Morgan fingerprint density at radius 1 is 1.29 bits per heavy atom. The van der Waals surface area contributed by atoms with Crippen LogP contribution in [0.15, 0.2) is 30.5 Å². The lowest BCUT2D eigenvalue weighted by Gasteiger charge is -2.23. The van der Waals surface area contributed by atoms with Crippen molar-refractivity contribution in [3.63, 3.8) is 0 Å². The van der Waals surface area contributed by atoms with E-state index >= 15 is 0 Å². The van der Waals surface area contributed by atoms with Crippen molar-refractivity contribution in [3.05, 3.63) is 42.1 Å². The van der Waals surface area contributed by atoms with Gasteiger partial charge in [-0.1, -0.05) is 6.92 Å². The average Bonchev–Trinajstić information content (AvgIpc) is 3.08. The number of nitrogens with zero attached hydrogens (tertiary/aromatic N) is 3. The second-order valence-electron chi connectivity index (χ2n) is 7.62. The molecule has 1 fully saturated rings.